The average Bonchev–Trinajstić information content (AvgIpc) is 2.35. The highest BCUT2D eigenvalue weighted by molar-refractivity contribution is 6.30. The van der Waals surface area contributed by atoms with Gasteiger partial charge < -0.3 is 19.6 Å². The van der Waals surface area contributed by atoms with Crippen LogP contribution in [0.25, 0.3) is 0 Å². The number of halogens is 1. The Labute approximate surface area is 129 Å². The molecule has 0 saturated heterocycles. The Kier molecular flexibility index (Phi) is 5.23. The highest BCUT2D eigenvalue weighted by Crippen LogP contribution is 2.31. The van der Waals surface area contributed by atoms with Gasteiger partial charge in [-0.05, 0) is 39.8 Å². The van der Waals surface area contributed by atoms with Gasteiger partial charge >= 0.3 is 6.09 Å². The second-order valence-corrected chi connectivity index (χ2v) is 6.23. The molecule has 1 aromatic rings. The van der Waals surface area contributed by atoms with Gasteiger partial charge in [0.05, 0.1) is 7.11 Å². The molecule has 0 saturated carbocycles. The first-order chi connectivity index (χ1) is 9.61. The Bertz CT molecular complexity index is 539. The van der Waals surface area contributed by atoms with Gasteiger partial charge in [-0.1, -0.05) is 17.7 Å². The van der Waals surface area contributed by atoms with Crippen LogP contribution in [0.3, 0.4) is 0 Å². The number of nitrogens with one attached hydrogen (secondary N) is 1. The highest BCUT2D eigenvalue weighted by Gasteiger charge is 2.33. The molecule has 6 heteroatoms. The van der Waals surface area contributed by atoms with Crippen LogP contribution in [0.15, 0.2) is 18.2 Å². The number of rotatable bonds is 4. The number of carbonyl (C=O) groups excluding carboxylic acids is 2. The third-order valence-corrected chi connectivity index (χ3v) is 2.95. The molecule has 0 aliphatic heterocycles. The minimum absolute atomic E-state index is 0.410. The van der Waals surface area contributed by atoms with Gasteiger partial charge in [-0.25, -0.2) is 4.79 Å². The van der Waals surface area contributed by atoms with E-state index in [-0.39, 0.29) is 0 Å². The van der Waals surface area contributed by atoms with E-state index in [1.165, 1.54) is 7.11 Å². The van der Waals surface area contributed by atoms with Crippen molar-refractivity contribution in [3.05, 3.63) is 28.8 Å². The Morgan fingerprint density at radius 1 is 1.29 bits per heavy atom. The van der Waals surface area contributed by atoms with Crippen molar-refractivity contribution in [3.63, 3.8) is 0 Å². The predicted molar refractivity (Wildman–Crippen MR) is 80.8 cm³/mol. The summed E-state index contributed by atoms with van der Waals surface area (Å²) in [6.07, 6.45) is -0.0584. The van der Waals surface area contributed by atoms with Crippen LogP contribution in [0.5, 0.6) is 5.75 Å². The lowest BCUT2D eigenvalue weighted by Crippen LogP contribution is -2.47. The maximum absolute atomic E-state index is 11.9. The van der Waals surface area contributed by atoms with E-state index in [4.69, 9.17) is 21.1 Å². The smallest absolute Gasteiger partial charge is 0.408 e. The van der Waals surface area contributed by atoms with E-state index in [0.29, 0.717) is 22.6 Å². The minimum Gasteiger partial charge on any atom is -0.496 e. The van der Waals surface area contributed by atoms with Gasteiger partial charge in [-0.2, -0.15) is 0 Å². The van der Waals surface area contributed by atoms with Gasteiger partial charge in [-0.3, -0.25) is 0 Å². The van der Waals surface area contributed by atoms with Crippen LogP contribution in [0.2, 0.25) is 5.02 Å². The molecule has 1 atom stereocenters. The summed E-state index contributed by atoms with van der Waals surface area (Å²) in [4.78, 5) is 23.4. The van der Waals surface area contributed by atoms with Gasteiger partial charge in [0.15, 0.2) is 0 Å². The van der Waals surface area contributed by atoms with Crippen molar-refractivity contribution in [1.29, 1.82) is 0 Å². The molecule has 21 heavy (non-hydrogen) atoms. The first-order valence-electron chi connectivity index (χ1n) is 6.43. The molecule has 0 aliphatic carbocycles. The molecule has 5 nitrogen and oxygen atoms in total. The van der Waals surface area contributed by atoms with Gasteiger partial charge in [0, 0.05) is 10.6 Å². The quantitative estimate of drug-likeness (QED) is 0.866. The zero-order valence-electron chi connectivity index (χ0n) is 12.8. The van der Waals surface area contributed by atoms with Crippen molar-refractivity contribution in [3.8, 4) is 5.75 Å². The number of ether oxygens (including phenoxy) is 2. The van der Waals surface area contributed by atoms with Crippen LogP contribution in [0, 0.1) is 0 Å². The fraction of sp³-hybridized carbons (Fsp3) is 0.467. The molecule has 1 rings (SSSR count). The minimum atomic E-state index is -1.28. The molecule has 1 amide bonds. The standard InChI is InChI=1S/C15H20ClNO4/c1-14(2,3)21-13(19)17-15(4,9-18)11-7-6-10(16)8-12(11)20-5/h6-9H,1-5H3,(H,17,19). The summed E-state index contributed by atoms with van der Waals surface area (Å²) in [5, 5.41) is 3.03. The summed E-state index contributed by atoms with van der Waals surface area (Å²) in [7, 11) is 1.47. The van der Waals surface area contributed by atoms with Gasteiger partial charge in [0.25, 0.3) is 0 Å². The van der Waals surface area contributed by atoms with Gasteiger partial charge in [0.1, 0.15) is 23.2 Å². The fourth-order valence-corrected chi connectivity index (χ4v) is 1.93. The Hall–Kier alpha value is -1.75. The van der Waals surface area contributed by atoms with Crippen molar-refractivity contribution in [2.24, 2.45) is 0 Å². The van der Waals surface area contributed by atoms with Crippen LogP contribution in [-0.4, -0.2) is 25.1 Å². The van der Waals surface area contributed by atoms with Crippen molar-refractivity contribution in [2.45, 2.75) is 38.8 Å². The third kappa shape index (κ3) is 4.63. The summed E-state index contributed by atoms with van der Waals surface area (Å²) >= 11 is 5.90. The number of benzene rings is 1. The zero-order valence-corrected chi connectivity index (χ0v) is 13.6. The number of hydrogen-bond acceptors (Lipinski definition) is 4. The summed E-state index contributed by atoms with van der Waals surface area (Å²) in [5.41, 5.74) is -1.44. The topological polar surface area (TPSA) is 64.6 Å². The molecule has 116 valence electrons. The number of methoxy groups -OCH3 is 1. The zero-order chi connectivity index (χ0) is 16.3. The van der Waals surface area contributed by atoms with Crippen molar-refractivity contribution in [2.75, 3.05) is 7.11 Å². The Morgan fingerprint density at radius 3 is 2.38 bits per heavy atom. The number of hydrogen-bond donors (Lipinski definition) is 1. The first-order valence-corrected chi connectivity index (χ1v) is 6.80. The average molecular weight is 314 g/mol. The molecule has 1 unspecified atom stereocenters. The second kappa shape index (κ2) is 6.35. The van der Waals surface area contributed by atoms with E-state index in [1.807, 2.05) is 0 Å². The maximum Gasteiger partial charge on any atom is 0.408 e. The first kappa shape index (κ1) is 17.3. The SMILES string of the molecule is COc1cc(Cl)ccc1C(C)(C=O)NC(=O)OC(C)(C)C. The lowest BCUT2D eigenvalue weighted by Gasteiger charge is -2.29. The number of alkyl carbamates (subject to hydrolysis) is 1. The summed E-state index contributed by atoms with van der Waals surface area (Å²) in [6.45, 7) is 6.80. The van der Waals surface area contributed by atoms with Gasteiger partial charge in [-0.15, -0.1) is 0 Å². The Morgan fingerprint density at radius 2 is 1.90 bits per heavy atom. The summed E-state index contributed by atoms with van der Waals surface area (Å²) in [5.74, 6) is 0.410. The largest absolute Gasteiger partial charge is 0.496 e. The molecule has 0 aromatic heterocycles. The Balaban J connectivity index is 3.10. The van der Waals surface area contributed by atoms with Crippen LogP contribution in [0.4, 0.5) is 4.79 Å². The van der Waals surface area contributed by atoms with Crippen LogP contribution >= 0.6 is 11.6 Å². The number of carbonyl (C=O) groups is 2. The van der Waals surface area contributed by atoms with E-state index in [2.05, 4.69) is 5.32 Å². The van der Waals surface area contributed by atoms with Crippen molar-refractivity contribution < 1.29 is 19.1 Å². The molecule has 1 aromatic carbocycles. The van der Waals surface area contributed by atoms with Crippen molar-refractivity contribution >= 4 is 24.0 Å². The predicted octanol–water partition coefficient (Wildman–Crippen LogP) is 3.29. The van der Waals surface area contributed by atoms with E-state index in [1.54, 1.807) is 45.9 Å². The monoisotopic (exact) mass is 313 g/mol. The second-order valence-electron chi connectivity index (χ2n) is 5.79. The molecule has 0 aliphatic rings. The highest BCUT2D eigenvalue weighted by atomic mass is 35.5. The van der Waals surface area contributed by atoms with E-state index in [9.17, 15) is 9.59 Å². The number of amides is 1. The van der Waals surface area contributed by atoms with E-state index < -0.39 is 17.2 Å². The molecule has 0 spiro atoms. The molecular weight excluding hydrogens is 294 g/mol. The van der Waals surface area contributed by atoms with Crippen molar-refractivity contribution in [1.82, 2.24) is 5.32 Å². The summed E-state index contributed by atoms with van der Waals surface area (Å²) in [6, 6.07) is 4.83. The molecule has 0 bridgehead atoms. The lowest BCUT2D eigenvalue weighted by molar-refractivity contribution is -0.113. The van der Waals surface area contributed by atoms with Crippen LogP contribution in [-0.2, 0) is 15.1 Å². The maximum atomic E-state index is 11.9. The molecular formula is C15H20ClNO4. The normalized spacial score (nSPS) is 14.0. The van der Waals surface area contributed by atoms with E-state index in [0.717, 1.165) is 0 Å². The molecule has 0 fully saturated rings. The summed E-state index contributed by atoms with van der Waals surface area (Å²) < 4.78 is 10.4. The molecule has 0 radical (unpaired) electrons. The molecule has 0 heterocycles. The fourth-order valence-electron chi connectivity index (χ4n) is 1.77. The molecule has 1 N–H and O–H groups in total. The van der Waals surface area contributed by atoms with E-state index >= 15 is 0 Å². The number of aldehydes is 1. The van der Waals surface area contributed by atoms with Gasteiger partial charge in [0.2, 0.25) is 0 Å². The van der Waals surface area contributed by atoms with Crippen LogP contribution < -0.4 is 10.1 Å². The van der Waals surface area contributed by atoms with Crippen LogP contribution in [0.1, 0.15) is 33.3 Å². The lowest BCUT2D eigenvalue weighted by atomic mass is 9.93. The third-order valence-electron chi connectivity index (χ3n) is 2.72.